The van der Waals surface area contributed by atoms with E-state index in [0.29, 0.717) is 31.5 Å². The van der Waals surface area contributed by atoms with E-state index in [0.717, 1.165) is 12.6 Å². The van der Waals surface area contributed by atoms with Gasteiger partial charge < -0.3 is 10.1 Å². The van der Waals surface area contributed by atoms with Gasteiger partial charge in [-0.3, -0.25) is 19.7 Å². The smallest absolute Gasteiger partial charge is 0.267 e. The highest BCUT2D eigenvalue weighted by Gasteiger charge is 2.43. The first kappa shape index (κ1) is 20.1. The number of hydrogen-bond donors (Lipinski definition) is 3. The predicted octanol–water partition coefficient (Wildman–Crippen LogP) is 2.46. The Kier molecular flexibility index (Phi) is 5.52. The fraction of sp³-hybridized carbons (Fsp3) is 0.273. The normalized spacial score (nSPS) is 18.0. The molecule has 2 aliphatic rings. The van der Waals surface area contributed by atoms with Crippen LogP contribution < -0.4 is 15.5 Å². The summed E-state index contributed by atoms with van der Waals surface area (Å²) in [6, 6.07) is 12.8. The maximum absolute atomic E-state index is 14.7. The molecular formula is C22H22FN3O4. The second kappa shape index (κ2) is 8.25. The van der Waals surface area contributed by atoms with Crippen LogP contribution in [-0.2, 0) is 11.3 Å². The highest BCUT2D eigenvalue weighted by molar-refractivity contribution is 5.99. The second-order valence-corrected chi connectivity index (χ2v) is 7.50. The summed E-state index contributed by atoms with van der Waals surface area (Å²) in [5.74, 6) is -1.90. The molecule has 30 heavy (non-hydrogen) atoms. The number of carbonyl (C=O) groups is 2. The maximum atomic E-state index is 14.7. The van der Waals surface area contributed by atoms with E-state index in [-0.39, 0.29) is 11.3 Å². The molecule has 2 aromatic rings. The van der Waals surface area contributed by atoms with Gasteiger partial charge in [0.05, 0.1) is 5.56 Å². The lowest BCUT2D eigenvalue weighted by atomic mass is 9.95. The highest BCUT2D eigenvalue weighted by Crippen LogP contribution is 2.36. The van der Waals surface area contributed by atoms with Gasteiger partial charge in [0.1, 0.15) is 0 Å². The van der Waals surface area contributed by atoms with Crippen molar-refractivity contribution in [2.24, 2.45) is 0 Å². The molecule has 2 aliphatic heterocycles. The molecule has 0 aliphatic carbocycles. The van der Waals surface area contributed by atoms with Crippen molar-refractivity contribution in [3.63, 3.8) is 0 Å². The van der Waals surface area contributed by atoms with Gasteiger partial charge in [-0.2, -0.15) is 0 Å². The quantitative estimate of drug-likeness (QED) is 0.409. The van der Waals surface area contributed by atoms with Crippen molar-refractivity contribution in [3.05, 3.63) is 71.0 Å². The van der Waals surface area contributed by atoms with Crippen LogP contribution in [0.5, 0.6) is 5.75 Å². The van der Waals surface area contributed by atoms with Gasteiger partial charge >= 0.3 is 0 Å². The first-order chi connectivity index (χ1) is 14.5. The van der Waals surface area contributed by atoms with Crippen molar-refractivity contribution in [2.45, 2.75) is 25.1 Å². The minimum absolute atomic E-state index is 0.0704. The average Bonchev–Trinajstić information content (AvgIpc) is 2.75. The molecule has 0 unspecified atom stereocenters. The molecule has 0 aromatic heterocycles. The third kappa shape index (κ3) is 4.19. The van der Waals surface area contributed by atoms with Gasteiger partial charge in [-0.15, -0.1) is 0 Å². The largest absolute Gasteiger partial charge is 0.464 e. The summed E-state index contributed by atoms with van der Waals surface area (Å²) in [5.41, 5.74) is 2.13. The lowest BCUT2D eigenvalue weighted by Crippen LogP contribution is -2.61. The molecule has 0 radical (unpaired) electrons. The van der Waals surface area contributed by atoms with E-state index in [9.17, 15) is 14.0 Å². The SMILES string of the molecule is O=C(/C=C/c1cc(F)c2c(c1)C(=O)NC1(CCN(Cc3ccccc3)CC1)O2)NO. The molecule has 0 saturated carbocycles. The zero-order chi connectivity index (χ0) is 21.1. The molecule has 1 fully saturated rings. The molecule has 1 saturated heterocycles. The van der Waals surface area contributed by atoms with Crippen molar-refractivity contribution in [1.29, 1.82) is 0 Å². The first-order valence-electron chi connectivity index (χ1n) is 9.71. The fourth-order valence-electron chi connectivity index (χ4n) is 3.83. The van der Waals surface area contributed by atoms with Crippen LogP contribution in [0.2, 0.25) is 0 Å². The van der Waals surface area contributed by atoms with Gasteiger partial charge in [0, 0.05) is 38.6 Å². The topological polar surface area (TPSA) is 90.9 Å². The van der Waals surface area contributed by atoms with Crippen LogP contribution in [0.1, 0.15) is 34.3 Å². The zero-order valence-electron chi connectivity index (χ0n) is 16.2. The second-order valence-electron chi connectivity index (χ2n) is 7.50. The van der Waals surface area contributed by atoms with Gasteiger partial charge in [-0.1, -0.05) is 30.3 Å². The van der Waals surface area contributed by atoms with Gasteiger partial charge in [0.15, 0.2) is 17.3 Å². The molecule has 2 aromatic carbocycles. The summed E-state index contributed by atoms with van der Waals surface area (Å²) in [6.07, 6.45) is 3.42. The Morgan fingerprint density at radius 1 is 1.27 bits per heavy atom. The highest BCUT2D eigenvalue weighted by atomic mass is 19.1. The van der Waals surface area contributed by atoms with Crippen LogP contribution in [0.15, 0.2) is 48.5 Å². The van der Waals surface area contributed by atoms with Crippen molar-refractivity contribution in [3.8, 4) is 5.75 Å². The van der Waals surface area contributed by atoms with Crippen LogP contribution >= 0.6 is 0 Å². The van der Waals surface area contributed by atoms with Crippen molar-refractivity contribution < 1.29 is 23.9 Å². The molecule has 3 N–H and O–H groups in total. The standard InChI is InChI=1S/C22H22FN3O4/c23-18-13-16(6-7-19(27)25-29)12-17-20(18)30-22(24-21(17)28)8-10-26(11-9-22)14-15-4-2-1-3-5-15/h1-7,12-13,29H,8-11,14H2,(H,24,28)(H,25,27)/b7-6+. The van der Waals surface area contributed by atoms with Gasteiger partial charge in [-0.05, 0) is 29.3 Å². The zero-order valence-corrected chi connectivity index (χ0v) is 16.2. The Labute approximate surface area is 173 Å². The number of rotatable bonds is 4. The number of piperidine rings is 1. The minimum Gasteiger partial charge on any atom is -0.464 e. The number of halogens is 1. The van der Waals surface area contributed by atoms with Gasteiger partial charge in [-0.25, -0.2) is 9.87 Å². The minimum atomic E-state index is -0.924. The Bertz CT molecular complexity index is 985. The summed E-state index contributed by atoms with van der Waals surface area (Å²) < 4.78 is 20.7. The van der Waals surface area contributed by atoms with E-state index < -0.39 is 23.4 Å². The van der Waals surface area contributed by atoms with Crippen molar-refractivity contribution >= 4 is 17.9 Å². The summed E-state index contributed by atoms with van der Waals surface area (Å²) in [7, 11) is 0. The number of benzene rings is 2. The summed E-state index contributed by atoms with van der Waals surface area (Å²) >= 11 is 0. The molecule has 156 valence electrons. The summed E-state index contributed by atoms with van der Waals surface area (Å²) in [6.45, 7) is 2.24. The van der Waals surface area contributed by atoms with Crippen LogP contribution in [0.25, 0.3) is 6.08 Å². The summed E-state index contributed by atoms with van der Waals surface area (Å²) in [4.78, 5) is 26.1. The number of hydroxylamine groups is 1. The molecular weight excluding hydrogens is 389 g/mol. The number of likely N-dealkylation sites (tertiary alicyclic amines) is 1. The van der Waals surface area contributed by atoms with Gasteiger partial charge in [0.25, 0.3) is 11.8 Å². The Morgan fingerprint density at radius 3 is 2.70 bits per heavy atom. The first-order valence-corrected chi connectivity index (χ1v) is 9.71. The number of fused-ring (bicyclic) bond motifs is 1. The third-order valence-electron chi connectivity index (χ3n) is 5.40. The van der Waals surface area contributed by atoms with E-state index in [1.165, 1.54) is 29.3 Å². The Hall–Kier alpha value is -3.23. The lowest BCUT2D eigenvalue weighted by Gasteiger charge is -2.44. The van der Waals surface area contributed by atoms with Crippen LogP contribution in [0.4, 0.5) is 4.39 Å². The van der Waals surface area contributed by atoms with E-state index in [2.05, 4.69) is 22.3 Å². The predicted molar refractivity (Wildman–Crippen MR) is 107 cm³/mol. The molecule has 2 amide bonds. The summed E-state index contributed by atoms with van der Waals surface area (Å²) in [5, 5.41) is 11.4. The Balaban J connectivity index is 1.48. The third-order valence-corrected chi connectivity index (χ3v) is 5.40. The number of nitrogens with one attached hydrogen (secondary N) is 2. The average molecular weight is 411 g/mol. The number of hydrogen-bond acceptors (Lipinski definition) is 5. The van der Waals surface area contributed by atoms with E-state index in [4.69, 9.17) is 9.94 Å². The van der Waals surface area contributed by atoms with Crippen LogP contribution in [0.3, 0.4) is 0 Å². The van der Waals surface area contributed by atoms with Crippen molar-refractivity contribution in [2.75, 3.05) is 13.1 Å². The van der Waals surface area contributed by atoms with E-state index >= 15 is 0 Å². The number of carbonyl (C=O) groups excluding carboxylic acids is 2. The molecule has 8 heteroatoms. The van der Waals surface area contributed by atoms with E-state index in [1.807, 2.05) is 18.2 Å². The van der Waals surface area contributed by atoms with E-state index in [1.54, 1.807) is 0 Å². The molecule has 0 bridgehead atoms. The lowest BCUT2D eigenvalue weighted by molar-refractivity contribution is -0.124. The molecule has 1 spiro atoms. The maximum Gasteiger partial charge on any atom is 0.267 e. The molecule has 0 atom stereocenters. The molecule has 4 rings (SSSR count). The monoisotopic (exact) mass is 411 g/mol. The number of ether oxygens (including phenoxy) is 1. The number of amides is 2. The number of nitrogens with zero attached hydrogens (tertiary/aromatic N) is 1. The van der Waals surface area contributed by atoms with Crippen LogP contribution in [0, 0.1) is 5.82 Å². The fourth-order valence-corrected chi connectivity index (χ4v) is 3.83. The van der Waals surface area contributed by atoms with Crippen molar-refractivity contribution in [1.82, 2.24) is 15.7 Å². The Morgan fingerprint density at radius 2 is 2.00 bits per heavy atom. The molecule has 7 nitrogen and oxygen atoms in total. The molecule has 2 heterocycles. The van der Waals surface area contributed by atoms with Crippen LogP contribution in [-0.4, -0.2) is 40.7 Å². The van der Waals surface area contributed by atoms with Gasteiger partial charge in [0.2, 0.25) is 0 Å².